The number of anilines is 2. The molecule has 11 nitrogen and oxygen atoms in total. The first-order valence-corrected chi connectivity index (χ1v) is 10.5. The molecular weight excluding hydrogens is 450 g/mol. The number of carbonyl (C=O) groups is 1. The summed E-state index contributed by atoms with van der Waals surface area (Å²) in [6, 6.07) is 6.88. The molecule has 1 aliphatic heterocycles. The summed E-state index contributed by atoms with van der Waals surface area (Å²) < 4.78 is 41.5. The molecule has 0 aliphatic carbocycles. The van der Waals surface area contributed by atoms with Crippen LogP contribution >= 0.6 is 0 Å². The Morgan fingerprint density at radius 3 is 2.79 bits per heavy atom. The summed E-state index contributed by atoms with van der Waals surface area (Å²) >= 11 is 0. The van der Waals surface area contributed by atoms with Crippen molar-refractivity contribution < 1.29 is 23.0 Å². The largest absolute Gasteiger partial charge is 0.488 e. The second-order valence-electron chi connectivity index (χ2n) is 7.80. The number of methoxy groups -OCH3 is 1. The second kappa shape index (κ2) is 8.74. The summed E-state index contributed by atoms with van der Waals surface area (Å²) in [5.74, 6) is 0.647. The van der Waals surface area contributed by atoms with Crippen molar-refractivity contribution in [2.45, 2.75) is 19.0 Å². The van der Waals surface area contributed by atoms with Gasteiger partial charge in [0.1, 0.15) is 18.0 Å². The number of carbonyl (C=O) groups excluding carboxylic acids is 1. The first kappa shape index (κ1) is 21.8. The Labute approximate surface area is 192 Å². The zero-order valence-corrected chi connectivity index (χ0v) is 18.4. The third-order valence-electron chi connectivity index (χ3n) is 5.58. The average Bonchev–Trinajstić information content (AvgIpc) is 3.47. The van der Waals surface area contributed by atoms with E-state index >= 15 is 0 Å². The van der Waals surface area contributed by atoms with E-state index in [0.717, 1.165) is 13.0 Å². The summed E-state index contributed by atoms with van der Waals surface area (Å²) in [5.41, 5.74) is 1.64. The van der Waals surface area contributed by atoms with Crippen molar-refractivity contribution >= 4 is 23.1 Å². The standard InChI is InChI=1S/C21H22F2N8O3/c1-29-15(20(32)33-2)9-18(27-29)26-17-8-14-7-12(4-6-30(14)28-17)19-16(10-25-31(19)21(22)23)34-11-13-3-5-24-13/h4,6-10,13,21,24H,3,5,11H2,1-2H3,(H,26,27,28)/t13-/m1/s1. The second-order valence-corrected chi connectivity index (χ2v) is 7.80. The fraction of sp³-hybridized carbons (Fsp3) is 0.333. The molecule has 4 aromatic rings. The third kappa shape index (κ3) is 4.05. The fourth-order valence-corrected chi connectivity index (χ4v) is 3.71. The number of hydrogen-bond acceptors (Lipinski definition) is 8. The maximum absolute atomic E-state index is 13.6. The number of hydrogen-bond donors (Lipinski definition) is 2. The highest BCUT2D eigenvalue weighted by atomic mass is 19.3. The zero-order chi connectivity index (χ0) is 23.8. The topological polar surface area (TPSA) is 113 Å². The lowest BCUT2D eigenvalue weighted by molar-refractivity contribution is 0.0578. The van der Waals surface area contributed by atoms with Gasteiger partial charge in [0.25, 0.3) is 0 Å². The number of nitrogens with zero attached hydrogens (tertiary/aromatic N) is 6. The van der Waals surface area contributed by atoms with Crippen LogP contribution in [0.15, 0.2) is 36.7 Å². The van der Waals surface area contributed by atoms with Crippen molar-refractivity contribution in [2.75, 3.05) is 25.6 Å². The first-order chi connectivity index (χ1) is 16.4. The Kier molecular flexibility index (Phi) is 5.61. The number of esters is 1. The van der Waals surface area contributed by atoms with Crippen molar-refractivity contribution in [3.63, 3.8) is 0 Å². The van der Waals surface area contributed by atoms with Crippen LogP contribution in [0.2, 0.25) is 0 Å². The van der Waals surface area contributed by atoms with Crippen LogP contribution < -0.4 is 15.4 Å². The Hall–Kier alpha value is -4.00. The summed E-state index contributed by atoms with van der Waals surface area (Å²) in [4.78, 5) is 11.8. The van der Waals surface area contributed by atoms with E-state index in [-0.39, 0.29) is 17.4 Å². The Bertz CT molecular complexity index is 1340. The highest BCUT2D eigenvalue weighted by molar-refractivity contribution is 5.88. The molecule has 5 rings (SSSR count). The lowest BCUT2D eigenvalue weighted by Crippen LogP contribution is -2.46. The molecular formula is C21H22F2N8O3. The molecule has 1 saturated heterocycles. The zero-order valence-electron chi connectivity index (χ0n) is 18.4. The van der Waals surface area contributed by atoms with E-state index in [4.69, 9.17) is 9.47 Å². The number of pyridine rings is 1. The number of fused-ring (bicyclic) bond motifs is 1. The molecule has 0 saturated carbocycles. The van der Waals surface area contributed by atoms with E-state index in [1.807, 2.05) is 0 Å². The Morgan fingerprint density at radius 2 is 2.09 bits per heavy atom. The number of ether oxygens (including phenoxy) is 2. The molecule has 13 heteroatoms. The number of alkyl halides is 2. The third-order valence-corrected chi connectivity index (χ3v) is 5.58. The van der Waals surface area contributed by atoms with Gasteiger partial charge in [0, 0.05) is 37.0 Å². The molecule has 1 atom stereocenters. The van der Waals surface area contributed by atoms with E-state index in [1.165, 1.54) is 18.0 Å². The van der Waals surface area contributed by atoms with Crippen molar-refractivity contribution in [2.24, 2.45) is 7.05 Å². The molecule has 0 aromatic carbocycles. The van der Waals surface area contributed by atoms with Gasteiger partial charge in [-0.25, -0.2) is 9.31 Å². The molecule has 0 bridgehead atoms. The average molecular weight is 472 g/mol. The number of aryl methyl sites for hydroxylation is 1. The summed E-state index contributed by atoms with van der Waals surface area (Å²) in [5, 5.41) is 18.7. The highest BCUT2D eigenvalue weighted by Gasteiger charge is 2.23. The van der Waals surface area contributed by atoms with E-state index in [2.05, 4.69) is 25.9 Å². The molecule has 0 radical (unpaired) electrons. The monoisotopic (exact) mass is 472 g/mol. The Morgan fingerprint density at radius 1 is 1.29 bits per heavy atom. The molecule has 0 spiro atoms. The van der Waals surface area contributed by atoms with Gasteiger partial charge in [-0.05, 0) is 25.1 Å². The van der Waals surface area contributed by atoms with Gasteiger partial charge < -0.3 is 20.1 Å². The molecule has 178 valence electrons. The van der Waals surface area contributed by atoms with Gasteiger partial charge in [-0.15, -0.1) is 0 Å². The number of nitrogens with one attached hydrogen (secondary N) is 2. The van der Waals surface area contributed by atoms with Crippen LogP contribution in [0.4, 0.5) is 20.4 Å². The number of halogens is 2. The quantitative estimate of drug-likeness (QED) is 0.377. The number of aromatic nitrogens is 6. The van der Waals surface area contributed by atoms with E-state index < -0.39 is 12.5 Å². The van der Waals surface area contributed by atoms with Crippen LogP contribution in [0, 0.1) is 0 Å². The van der Waals surface area contributed by atoms with Crippen LogP contribution in [0.25, 0.3) is 16.8 Å². The van der Waals surface area contributed by atoms with Crippen LogP contribution in [0.5, 0.6) is 5.75 Å². The summed E-state index contributed by atoms with van der Waals surface area (Å²) in [6.07, 6.45) is 3.95. The summed E-state index contributed by atoms with van der Waals surface area (Å²) in [6.45, 7) is -1.52. The molecule has 4 aromatic heterocycles. The van der Waals surface area contributed by atoms with Gasteiger partial charge in [0.15, 0.2) is 17.4 Å². The van der Waals surface area contributed by atoms with Gasteiger partial charge in [0.05, 0.1) is 18.8 Å². The molecule has 34 heavy (non-hydrogen) atoms. The van der Waals surface area contributed by atoms with E-state index in [0.29, 0.717) is 39.8 Å². The van der Waals surface area contributed by atoms with Crippen LogP contribution in [-0.4, -0.2) is 61.4 Å². The van der Waals surface area contributed by atoms with Gasteiger partial charge in [0.2, 0.25) is 0 Å². The SMILES string of the molecule is COC(=O)c1cc(Nc2cc3cc(-c4c(OC[C@H]5CCN5)cnn4C(F)F)ccn3n2)nn1C. The molecule has 0 amide bonds. The maximum Gasteiger partial charge on any atom is 0.356 e. The van der Waals surface area contributed by atoms with Crippen LogP contribution in [0.1, 0.15) is 23.5 Å². The van der Waals surface area contributed by atoms with Gasteiger partial charge >= 0.3 is 12.5 Å². The molecule has 2 N–H and O–H groups in total. The molecule has 5 heterocycles. The fourth-order valence-electron chi connectivity index (χ4n) is 3.71. The van der Waals surface area contributed by atoms with Crippen molar-refractivity contribution in [1.82, 2.24) is 34.5 Å². The number of rotatable bonds is 8. The van der Waals surface area contributed by atoms with Crippen molar-refractivity contribution in [3.05, 3.63) is 42.4 Å². The van der Waals surface area contributed by atoms with E-state index in [1.54, 1.807) is 42.0 Å². The highest BCUT2D eigenvalue weighted by Crippen LogP contribution is 2.34. The maximum atomic E-state index is 13.6. The lowest BCUT2D eigenvalue weighted by atomic mass is 10.1. The van der Waals surface area contributed by atoms with Crippen molar-refractivity contribution in [3.8, 4) is 17.0 Å². The molecule has 1 aliphatic rings. The minimum atomic E-state index is -2.82. The van der Waals surface area contributed by atoms with Gasteiger partial charge in [-0.3, -0.25) is 4.68 Å². The smallest absolute Gasteiger partial charge is 0.356 e. The van der Waals surface area contributed by atoms with Gasteiger partial charge in [-0.2, -0.15) is 28.8 Å². The first-order valence-electron chi connectivity index (χ1n) is 10.5. The van der Waals surface area contributed by atoms with Gasteiger partial charge in [-0.1, -0.05) is 0 Å². The Balaban J connectivity index is 1.43. The molecule has 0 unspecified atom stereocenters. The van der Waals surface area contributed by atoms with Crippen molar-refractivity contribution in [1.29, 1.82) is 0 Å². The lowest BCUT2D eigenvalue weighted by Gasteiger charge is -2.27. The van der Waals surface area contributed by atoms with E-state index in [9.17, 15) is 13.6 Å². The van der Waals surface area contributed by atoms with Crippen LogP contribution in [-0.2, 0) is 11.8 Å². The molecule has 1 fully saturated rings. The normalized spacial score (nSPS) is 15.5. The summed E-state index contributed by atoms with van der Waals surface area (Å²) in [7, 11) is 2.92. The minimum absolute atomic E-state index is 0.194. The predicted molar refractivity (Wildman–Crippen MR) is 117 cm³/mol. The van der Waals surface area contributed by atoms with Crippen LogP contribution in [0.3, 0.4) is 0 Å². The minimum Gasteiger partial charge on any atom is -0.488 e. The predicted octanol–water partition coefficient (Wildman–Crippen LogP) is 2.60.